The summed E-state index contributed by atoms with van der Waals surface area (Å²) in [5.41, 5.74) is 2.62. The molecule has 0 radical (unpaired) electrons. The van der Waals surface area contributed by atoms with Crippen molar-refractivity contribution < 1.29 is 19.1 Å². The van der Waals surface area contributed by atoms with Gasteiger partial charge in [-0.05, 0) is 93.7 Å². The highest BCUT2D eigenvalue weighted by Gasteiger charge is 2.20. The van der Waals surface area contributed by atoms with Crippen LogP contribution in [0, 0.1) is 0 Å². The highest BCUT2D eigenvalue weighted by Crippen LogP contribution is 2.24. The molecule has 0 spiro atoms. The van der Waals surface area contributed by atoms with Gasteiger partial charge in [0.25, 0.3) is 0 Å². The molecule has 1 aliphatic rings. The third kappa shape index (κ3) is 9.14. The summed E-state index contributed by atoms with van der Waals surface area (Å²) in [6.45, 7) is 9.64. The lowest BCUT2D eigenvalue weighted by Crippen LogP contribution is -2.36. The van der Waals surface area contributed by atoms with Crippen LogP contribution in [0.1, 0.15) is 61.6 Å². The lowest BCUT2D eigenvalue weighted by molar-refractivity contribution is 0.0635. The first-order valence-corrected chi connectivity index (χ1v) is 15.4. The van der Waals surface area contributed by atoms with Gasteiger partial charge in [-0.1, -0.05) is 6.07 Å². The molecule has 1 saturated heterocycles. The molecule has 1 fully saturated rings. The summed E-state index contributed by atoms with van der Waals surface area (Å²) in [5, 5.41) is 13.2. The van der Waals surface area contributed by atoms with Gasteiger partial charge in [-0.2, -0.15) is 11.3 Å². The third-order valence-corrected chi connectivity index (χ3v) is 7.85. The van der Waals surface area contributed by atoms with Crippen LogP contribution in [0.15, 0.2) is 45.9 Å². The molecule has 9 nitrogen and oxygen atoms in total. The molecule has 1 aliphatic heterocycles. The van der Waals surface area contributed by atoms with Crippen LogP contribution in [0.3, 0.4) is 0 Å². The van der Waals surface area contributed by atoms with Gasteiger partial charge in [-0.25, -0.2) is 9.59 Å². The van der Waals surface area contributed by atoms with Crippen molar-refractivity contribution >= 4 is 52.0 Å². The van der Waals surface area contributed by atoms with Crippen molar-refractivity contribution in [3.05, 3.63) is 62.7 Å². The number of hydrogen-bond acceptors (Lipinski definition) is 8. The highest BCUT2D eigenvalue weighted by atomic mass is 32.1. The number of rotatable bonds is 11. The Balaban J connectivity index is 1.35. The van der Waals surface area contributed by atoms with Gasteiger partial charge in [-0.3, -0.25) is 15.1 Å². The molecule has 0 bridgehead atoms. The minimum atomic E-state index is -0.615. The topological polar surface area (TPSA) is 104 Å². The first-order chi connectivity index (χ1) is 19.2. The number of carbonyl (C=O) groups is 3. The number of aromatic nitrogens is 1. The Kier molecular flexibility index (Phi) is 10.3. The van der Waals surface area contributed by atoms with Gasteiger partial charge in [-0.15, -0.1) is 11.3 Å². The Hall–Kier alpha value is -3.28. The Morgan fingerprint density at radius 2 is 1.85 bits per heavy atom. The largest absolute Gasteiger partial charge is 0.444 e. The van der Waals surface area contributed by atoms with E-state index in [-0.39, 0.29) is 18.2 Å². The molecule has 0 saturated carbocycles. The van der Waals surface area contributed by atoms with E-state index < -0.39 is 11.7 Å². The summed E-state index contributed by atoms with van der Waals surface area (Å²) in [5.74, 6) is -0.158. The second-order valence-electron chi connectivity index (χ2n) is 10.9. The number of nitrogens with one attached hydrogen (secondary N) is 2. The quantitative estimate of drug-likeness (QED) is 0.250. The Bertz CT molecular complexity index is 1260. The van der Waals surface area contributed by atoms with Gasteiger partial charge < -0.3 is 19.9 Å². The van der Waals surface area contributed by atoms with E-state index in [1.807, 2.05) is 28.3 Å². The lowest BCUT2D eigenvalue weighted by atomic mass is 10.1. The van der Waals surface area contributed by atoms with Crippen LogP contribution in [-0.4, -0.2) is 64.5 Å². The average Bonchev–Trinajstić information content (AvgIpc) is 3.67. The molecule has 3 amide bonds. The number of pyridine rings is 1. The summed E-state index contributed by atoms with van der Waals surface area (Å²) in [4.78, 5) is 46.9. The van der Waals surface area contributed by atoms with Crippen LogP contribution >= 0.6 is 22.7 Å². The fourth-order valence-electron chi connectivity index (χ4n) is 4.43. The van der Waals surface area contributed by atoms with Crippen LogP contribution in [0.5, 0.6) is 0 Å². The predicted octanol–water partition coefficient (Wildman–Crippen LogP) is 6.50. The molecule has 214 valence electrons. The number of nitrogens with zero attached hydrogens (tertiary/aromatic N) is 3. The predicted molar refractivity (Wildman–Crippen MR) is 160 cm³/mol. The first kappa shape index (κ1) is 29.7. The van der Waals surface area contributed by atoms with E-state index in [4.69, 9.17) is 4.74 Å². The lowest BCUT2D eigenvalue weighted by Gasteiger charge is -2.24. The van der Waals surface area contributed by atoms with Gasteiger partial charge in [0.1, 0.15) is 11.3 Å². The maximum atomic E-state index is 13.1. The number of ether oxygens (including phenoxy) is 1. The number of anilines is 2. The van der Waals surface area contributed by atoms with E-state index in [9.17, 15) is 14.4 Å². The van der Waals surface area contributed by atoms with E-state index in [0.29, 0.717) is 30.0 Å². The van der Waals surface area contributed by atoms with Crippen LogP contribution in [0.25, 0.3) is 0 Å². The summed E-state index contributed by atoms with van der Waals surface area (Å²) in [6, 6.07) is 5.28. The summed E-state index contributed by atoms with van der Waals surface area (Å²) >= 11 is 2.94. The molecule has 0 aliphatic carbocycles. The Morgan fingerprint density at radius 3 is 2.52 bits per heavy atom. The van der Waals surface area contributed by atoms with E-state index in [2.05, 4.69) is 20.5 Å². The second-order valence-corrected chi connectivity index (χ2v) is 12.4. The van der Waals surface area contributed by atoms with Gasteiger partial charge in [0.15, 0.2) is 5.78 Å². The minimum Gasteiger partial charge on any atom is -0.444 e. The molecule has 2 N–H and O–H groups in total. The van der Waals surface area contributed by atoms with Gasteiger partial charge >= 0.3 is 12.1 Å². The SMILES string of the molecule is CC(C)(C)OC(=O)Nc1cscc1CC(=O)c1ccc(CN(CCCN2CCCC2)C(=O)Nc2ccsc2)cn1. The van der Waals surface area contributed by atoms with Crippen molar-refractivity contribution in [1.29, 1.82) is 0 Å². The third-order valence-electron chi connectivity index (χ3n) is 6.37. The van der Waals surface area contributed by atoms with Crippen LogP contribution in [0.2, 0.25) is 0 Å². The molecule has 40 heavy (non-hydrogen) atoms. The zero-order valence-corrected chi connectivity index (χ0v) is 24.9. The number of urea groups is 1. The molecule has 0 atom stereocenters. The number of ketones is 1. The van der Waals surface area contributed by atoms with Crippen LogP contribution in [0.4, 0.5) is 21.0 Å². The van der Waals surface area contributed by atoms with Crippen molar-refractivity contribution in [3.8, 4) is 0 Å². The Morgan fingerprint density at radius 1 is 1.05 bits per heavy atom. The number of amides is 3. The maximum Gasteiger partial charge on any atom is 0.412 e. The molecular weight excluding hydrogens is 546 g/mol. The molecule has 4 heterocycles. The molecule has 4 rings (SSSR count). The smallest absolute Gasteiger partial charge is 0.412 e. The summed E-state index contributed by atoms with van der Waals surface area (Å²) in [7, 11) is 0. The van der Waals surface area contributed by atoms with Gasteiger partial charge in [0.05, 0.1) is 11.4 Å². The first-order valence-electron chi connectivity index (χ1n) is 13.5. The van der Waals surface area contributed by atoms with Gasteiger partial charge in [0, 0.05) is 36.5 Å². The zero-order chi connectivity index (χ0) is 28.5. The number of carbonyl (C=O) groups excluding carboxylic acids is 3. The van der Waals surface area contributed by atoms with Crippen molar-refractivity contribution in [3.63, 3.8) is 0 Å². The van der Waals surface area contributed by atoms with Crippen molar-refractivity contribution in [2.24, 2.45) is 0 Å². The van der Waals surface area contributed by atoms with Crippen LogP contribution in [-0.2, 0) is 17.7 Å². The fourth-order valence-corrected chi connectivity index (χ4v) is 5.81. The summed E-state index contributed by atoms with van der Waals surface area (Å²) < 4.78 is 5.32. The highest BCUT2D eigenvalue weighted by molar-refractivity contribution is 7.08. The Labute approximate surface area is 243 Å². The number of Topliss-reactive ketones (excluding diaryl/α,β-unsaturated/α-hetero) is 1. The summed E-state index contributed by atoms with van der Waals surface area (Å²) in [6.07, 6.45) is 4.58. The zero-order valence-electron chi connectivity index (χ0n) is 23.3. The van der Waals surface area contributed by atoms with E-state index >= 15 is 0 Å². The molecule has 0 unspecified atom stereocenters. The monoisotopic (exact) mass is 583 g/mol. The van der Waals surface area contributed by atoms with Crippen LogP contribution < -0.4 is 10.6 Å². The molecule has 3 aromatic rings. The van der Waals surface area contributed by atoms with E-state index in [0.717, 1.165) is 37.3 Å². The second kappa shape index (κ2) is 13.9. The number of hydrogen-bond donors (Lipinski definition) is 2. The minimum absolute atomic E-state index is 0.104. The molecular formula is C29H37N5O4S2. The molecule has 3 aromatic heterocycles. The number of likely N-dealkylation sites (tertiary alicyclic amines) is 1. The van der Waals surface area contributed by atoms with Crippen molar-refractivity contribution in [1.82, 2.24) is 14.8 Å². The van der Waals surface area contributed by atoms with E-state index in [1.165, 1.54) is 35.5 Å². The standard InChI is InChI=1S/C29H37N5O4S2/c1-29(2,3)38-28(37)32-25-20-40-18-22(25)15-26(35)24-8-7-21(16-30-24)17-34(13-6-12-33-10-4-5-11-33)27(36)31-23-9-14-39-19-23/h7-9,14,16,18-20H,4-6,10-13,15,17H2,1-3H3,(H,31,36)(H,32,37). The molecule has 11 heteroatoms. The number of thiophene rings is 2. The normalized spacial score (nSPS) is 13.7. The van der Waals surface area contributed by atoms with E-state index in [1.54, 1.807) is 43.3 Å². The maximum absolute atomic E-state index is 13.1. The average molecular weight is 584 g/mol. The van der Waals surface area contributed by atoms with Crippen molar-refractivity contribution in [2.45, 2.75) is 58.6 Å². The van der Waals surface area contributed by atoms with Gasteiger partial charge in [0.2, 0.25) is 0 Å². The molecule has 0 aromatic carbocycles. The fraction of sp³-hybridized carbons (Fsp3) is 0.448. The van der Waals surface area contributed by atoms with Crippen molar-refractivity contribution in [2.75, 3.05) is 36.8 Å².